The number of ether oxygens (including phenoxy) is 1. The number of aromatic hydroxyl groups is 1. The van der Waals surface area contributed by atoms with Gasteiger partial charge in [-0.05, 0) is 40.9 Å². The van der Waals surface area contributed by atoms with Crippen LogP contribution in [-0.4, -0.2) is 18.0 Å². The summed E-state index contributed by atoms with van der Waals surface area (Å²) in [4.78, 5) is 10.8. The van der Waals surface area contributed by atoms with Crippen LogP contribution >= 0.6 is 15.9 Å². The van der Waals surface area contributed by atoms with Crippen LogP contribution in [0.1, 0.15) is 18.9 Å². The number of carbonyl (C=O) groups excluding carboxylic acids is 1. The van der Waals surface area contributed by atoms with E-state index in [0.29, 0.717) is 23.1 Å². The molecule has 0 radical (unpaired) electrons. The standard InChI is InChI=1S/C11H13BrO3/c1-7(13)3-4-8-5-6-9(15-2)11(14)10(8)12/h5-6,14H,3-4H2,1-2H3. The molecular formula is C11H13BrO3. The molecule has 82 valence electrons. The number of rotatable bonds is 4. The van der Waals surface area contributed by atoms with E-state index in [9.17, 15) is 9.90 Å². The van der Waals surface area contributed by atoms with E-state index in [1.165, 1.54) is 7.11 Å². The summed E-state index contributed by atoms with van der Waals surface area (Å²) in [5.74, 6) is 0.643. The third-order valence-electron chi connectivity index (χ3n) is 2.13. The van der Waals surface area contributed by atoms with E-state index in [1.54, 1.807) is 13.0 Å². The number of Topliss-reactive ketones (excluding diaryl/α,β-unsaturated/α-hetero) is 1. The average Bonchev–Trinajstić information content (AvgIpc) is 2.20. The fourth-order valence-corrected chi connectivity index (χ4v) is 1.78. The molecule has 0 heterocycles. The lowest BCUT2D eigenvalue weighted by Gasteiger charge is -2.09. The predicted octanol–water partition coefficient (Wildman–Crippen LogP) is 2.68. The van der Waals surface area contributed by atoms with Gasteiger partial charge in [-0.2, -0.15) is 0 Å². The maximum Gasteiger partial charge on any atom is 0.172 e. The Labute approximate surface area is 97.2 Å². The van der Waals surface area contributed by atoms with Gasteiger partial charge in [-0.15, -0.1) is 0 Å². The molecule has 0 fully saturated rings. The first-order valence-electron chi connectivity index (χ1n) is 4.60. The van der Waals surface area contributed by atoms with Gasteiger partial charge >= 0.3 is 0 Å². The number of halogens is 1. The van der Waals surface area contributed by atoms with Gasteiger partial charge in [0.1, 0.15) is 5.78 Å². The molecule has 0 spiro atoms. The largest absolute Gasteiger partial charge is 0.503 e. The van der Waals surface area contributed by atoms with Crippen molar-refractivity contribution in [3.8, 4) is 11.5 Å². The van der Waals surface area contributed by atoms with Gasteiger partial charge in [-0.1, -0.05) is 6.07 Å². The molecule has 0 aliphatic rings. The van der Waals surface area contributed by atoms with Crippen LogP contribution in [0, 0.1) is 0 Å². The zero-order valence-electron chi connectivity index (χ0n) is 8.71. The molecule has 1 N–H and O–H groups in total. The number of aryl methyl sites for hydroxylation is 1. The molecule has 0 saturated heterocycles. The molecule has 0 aliphatic carbocycles. The van der Waals surface area contributed by atoms with Gasteiger partial charge in [0.2, 0.25) is 0 Å². The first-order valence-corrected chi connectivity index (χ1v) is 5.39. The van der Waals surface area contributed by atoms with Gasteiger partial charge in [0.25, 0.3) is 0 Å². The van der Waals surface area contributed by atoms with Crippen molar-refractivity contribution >= 4 is 21.7 Å². The molecule has 0 aliphatic heterocycles. The minimum absolute atomic E-state index is 0.0820. The molecule has 15 heavy (non-hydrogen) atoms. The molecular weight excluding hydrogens is 260 g/mol. The summed E-state index contributed by atoms with van der Waals surface area (Å²) in [5.41, 5.74) is 0.906. The number of ketones is 1. The van der Waals surface area contributed by atoms with Gasteiger partial charge in [0.15, 0.2) is 11.5 Å². The number of phenolic OH excluding ortho intramolecular Hbond substituents is 1. The van der Waals surface area contributed by atoms with Crippen LogP contribution in [0.25, 0.3) is 0 Å². The summed E-state index contributed by atoms with van der Waals surface area (Å²) in [7, 11) is 1.50. The number of methoxy groups -OCH3 is 1. The maximum absolute atomic E-state index is 10.8. The normalized spacial score (nSPS) is 10.1. The Bertz CT molecular complexity index is 374. The molecule has 0 amide bonds. The van der Waals surface area contributed by atoms with E-state index in [0.717, 1.165) is 5.56 Å². The molecule has 1 aromatic carbocycles. The van der Waals surface area contributed by atoms with E-state index >= 15 is 0 Å². The van der Waals surface area contributed by atoms with Crippen molar-refractivity contribution in [3.63, 3.8) is 0 Å². The third kappa shape index (κ3) is 2.96. The first-order chi connectivity index (χ1) is 7.06. The van der Waals surface area contributed by atoms with E-state index < -0.39 is 0 Å². The number of benzene rings is 1. The lowest BCUT2D eigenvalue weighted by atomic mass is 10.1. The van der Waals surface area contributed by atoms with Gasteiger partial charge in [-0.25, -0.2) is 0 Å². The Morgan fingerprint density at radius 2 is 2.20 bits per heavy atom. The highest BCUT2D eigenvalue weighted by Gasteiger charge is 2.10. The third-order valence-corrected chi connectivity index (χ3v) is 3.01. The van der Waals surface area contributed by atoms with Crippen LogP contribution in [0.3, 0.4) is 0 Å². The topological polar surface area (TPSA) is 46.5 Å². The fourth-order valence-electron chi connectivity index (χ4n) is 1.26. The van der Waals surface area contributed by atoms with Crippen molar-refractivity contribution < 1.29 is 14.6 Å². The zero-order chi connectivity index (χ0) is 11.4. The van der Waals surface area contributed by atoms with Crippen LogP contribution in [0.2, 0.25) is 0 Å². The highest BCUT2D eigenvalue weighted by Crippen LogP contribution is 2.36. The van der Waals surface area contributed by atoms with Crippen LogP contribution in [0.5, 0.6) is 11.5 Å². The van der Waals surface area contributed by atoms with E-state index in [2.05, 4.69) is 15.9 Å². The van der Waals surface area contributed by atoms with Crippen LogP contribution in [0.4, 0.5) is 0 Å². The van der Waals surface area contributed by atoms with E-state index in [-0.39, 0.29) is 11.5 Å². The van der Waals surface area contributed by atoms with Gasteiger partial charge in [0.05, 0.1) is 11.6 Å². The fraction of sp³-hybridized carbons (Fsp3) is 0.364. The monoisotopic (exact) mass is 272 g/mol. The molecule has 1 aromatic rings. The first kappa shape index (κ1) is 12.0. The number of hydrogen-bond donors (Lipinski definition) is 1. The minimum Gasteiger partial charge on any atom is -0.503 e. The average molecular weight is 273 g/mol. The smallest absolute Gasteiger partial charge is 0.172 e. The molecule has 0 aromatic heterocycles. The molecule has 3 nitrogen and oxygen atoms in total. The van der Waals surface area contributed by atoms with Crippen LogP contribution in [-0.2, 0) is 11.2 Å². The summed E-state index contributed by atoms with van der Waals surface area (Å²) >= 11 is 3.28. The molecule has 1 rings (SSSR count). The second-order valence-corrected chi connectivity index (χ2v) is 4.08. The summed E-state index contributed by atoms with van der Waals surface area (Å²) in [6, 6.07) is 3.53. The summed E-state index contributed by atoms with van der Waals surface area (Å²) in [5, 5.41) is 9.69. The highest BCUT2D eigenvalue weighted by molar-refractivity contribution is 9.10. The molecule has 0 atom stereocenters. The Morgan fingerprint density at radius 1 is 1.53 bits per heavy atom. The van der Waals surface area contributed by atoms with Crippen LogP contribution in [0.15, 0.2) is 16.6 Å². The van der Waals surface area contributed by atoms with Gasteiger partial charge < -0.3 is 14.6 Å². The molecule has 4 heteroatoms. The molecule has 0 saturated carbocycles. The van der Waals surface area contributed by atoms with Crippen LogP contribution < -0.4 is 4.74 Å². The number of carbonyl (C=O) groups is 1. The quantitative estimate of drug-likeness (QED) is 0.917. The highest BCUT2D eigenvalue weighted by atomic mass is 79.9. The Balaban J connectivity index is 2.91. The van der Waals surface area contributed by atoms with Crippen molar-refractivity contribution in [2.75, 3.05) is 7.11 Å². The van der Waals surface area contributed by atoms with E-state index in [1.807, 2.05) is 6.07 Å². The predicted molar refractivity (Wildman–Crippen MR) is 61.4 cm³/mol. The Hall–Kier alpha value is -1.03. The number of hydrogen-bond acceptors (Lipinski definition) is 3. The summed E-state index contributed by atoms with van der Waals surface area (Å²) in [6.07, 6.45) is 1.10. The Morgan fingerprint density at radius 3 is 2.73 bits per heavy atom. The molecule has 0 unspecified atom stereocenters. The lowest BCUT2D eigenvalue weighted by Crippen LogP contribution is -1.95. The van der Waals surface area contributed by atoms with Crippen molar-refractivity contribution in [1.29, 1.82) is 0 Å². The second kappa shape index (κ2) is 5.16. The minimum atomic E-state index is 0.0820. The second-order valence-electron chi connectivity index (χ2n) is 3.29. The van der Waals surface area contributed by atoms with E-state index in [4.69, 9.17) is 4.74 Å². The molecule has 0 bridgehead atoms. The van der Waals surface area contributed by atoms with Gasteiger partial charge in [-0.3, -0.25) is 0 Å². The number of phenols is 1. The van der Waals surface area contributed by atoms with Crippen molar-refractivity contribution in [2.24, 2.45) is 0 Å². The van der Waals surface area contributed by atoms with Crippen molar-refractivity contribution in [2.45, 2.75) is 19.8 Å². The van der Waals surface area contributed by atoms with Gasteiger partial charge in [0, 0.05) is 6.42 Å². The zero-order valence-corrected chi connectivity index (χ0v) is 10.3. The van der Waals surface area contributed by atoms with Crippen molar-refractivity contribution in [1.82, 2.24) is 0 Å². The SMILES string of the molecule is COc1ccc(CCC(C)=O)c(Br)c1O. The summed E-state index contributed by atoms with van der Waals surface area (Å²) in [6.45, 7) is 1.55. The lowest BCUT2D eigenvalue weighted by molar-refractivity contribution is -0.116. The summed E-state index contributed by atoms with van der Waals surface area (Å²) < 4.78 is 5.56. The Kier molecular flexibility index (Phi) is 4.15. The maximum atomic E-state index is 10.8. The van der Waals surface area contributed by atoms with Crippen molar-refractivity contribution in [3.05, 3.63) is 22.2 Å².